The van der Waals surface area contributed by atoms with E-state index in [1.165, 1.54) is 0 Å². The molecule has 0 aliphatic carbocycles. The molecule has 0 amide bonds. The standard InChI is InChI=1S/C11H13NO3S/c13-11(14)9-2-1-5-12-10(9)16-8-3-6-15-7-4-8/h1-2,5,8H,3-4,6-7H2,(H,13,14). The molecule has 2 heterocycles. The maximum atomic E-state index is 11.0. The summed E-state index contributed by atoms with van der Waals surface area (Å²) in [5.74, 6) is -0.914. The predicted octanol–water partition coefficient (Wildman–Crippen LogP) is 2.05. The molecular formula is C11H13NO3S. The summed E-state index contributed by atoms with van der Waals surface area (Å²) in [5, 5.41) is 10.0. The van der Waals surface area contributed by atoms with E-state index in [0.29, 0.717) is 15.8 Å². The zero-order valence-corrected chi connectivity index (χ0v) is 9.57. The fourth-order valence-electron chi connectivity index (χ4n) is 1.60. The second-order valence-corrected chi connectivity index (χ2v) is 4.88. The fraction of sp³-hybridized carbons (Fsp3) is 0.455. The molecule has 86 valence electrons. The maximum absolute atomic E-state index is 11.0. The maximum Gasteiger partial charge on any atom is 0.338 e. The first-order valence-electron chi connectivity index (χ1n) is 5.20. The summed E-state index contributed by atoms with van der Waals surface area (Å²) in [6.07, 6.45) is 3.55. The van der Waals surface area contributed by atoms with E-state index in [0.717, 1.165) is 26.1 Å². The Morgan fingerprint density at radius 1 is 1.50 bits per heavy atom. The van der Waals surface area contributed by atoms with E-state index in [4.69, 9.17) is 9.84 Å². The minimum Gasteiger partial charge on any atom is -0.478 e. The van der Waals surface area contributed by atoms with Crippen LogP contribution in [0.5, 0.6) is 0 Å². The van der Waals surface area contributed by atoms with Crippen LogP contribution in [0.2, 0.25) is 0 Å². The number of aromatic nitrogens is 1. The zero-order valence-electron chi connectivity index (χ0n) is 8.76. The fourth-order valence-corrected chi connectivity index (χ4v) is 2.75. The first-order chi connectivity index (χ1) is 7.77. The van der Waals surface area contributed by atoms with Gasteiger partial charge in [0.1, 0.15) is 5.03 Å². The lowest BCUT2D eigenvalue weighted by Gasteiger charge is -2.21. The first kappa shape index (κ1) is 11.4. The molecule has 1 N–H and O–H groups in total. The van der Waals surface area contributed by atoms with E-state index in [1.54, 1.807) is 30.1 Å². The lowest BCUT2D eigenvalue weighted by atomic mass is 10.2. The number of carbonyl (C=O) groups is 1. The van der Waals surface area contributed by atoms with Gasteiger partial charge in [-0.1, -0.05) is 0 Å². The Balaban J connectivity index is 2.10. The Bertz CT molecular complexity index is 377. The lowest BCUT2D eigenvalue weighted by Crippen LogP contribution is -2.18. The van der Waals surface area contributed by atoms with Gasteiger partial charge in [-0.3, -0.25) is 0 Å². The van der Waals surface area contributed by atoms with Crippen molar-refractivity contribution >= 4 is 17.7 Å². The van der Waals surface area contributed by atoms with E-state index < -0.39 is 5.97 Å². The van der Waals surface area contributed by atoms with Crippen LogP contribution < -0.4 is 0 Å². The molecule has 1 aliphatic heterocycles. The van der Waals surface area contributed by atoms with E-state index in [-0.39, 0.29) is 0 Å². The quantitative estimate of drug-likeness (QED) is 0.874. The Kier molecular flexibility index (Phi) is 3.79. The third-order valence-electron chi connectivity index (χ3n) is 2.45. The Morgan fingerprint density at radius 2 is 2.25 bits per heavy atom. The molecule has 16 heavy (non-hydrogen) atoms. The summed E-state index contributed by atoms with van der Waals surface area (Å²) in [7, 11) is 0. The van der Waals surface area contributed by atoms with Gasteiger partial charge in [0.2, 0.25) is 0 Å². The largest absolute Gasteiger partial charge is 0.478 e. The van der Waals surface area contributed by atoms with Gasteiger partial charge < -0.3 is 9.84 Å². The minimum absolute atomic E-state index is 0.291. The summed E-state index contributed by atoms with van der Waals surface area (Å²) in [6, 6.07) is 3.24. The second kappa shape index (κ2) is 5.32. The van der Waals surface area contributed by atoms with Crippen molar-refractivity contribution in [2.24, 2.45) is 0 Å². The number of hydrogen-bond donors (Lipinski definition) is 1. The van der Waals surface area contributed by atoms with Gasteiger partial charge in [-0.15, -0.1) is 11.8 Å². The normalized spacial score (nSPS) is 17.2. The number of ether oxygens (including phenoxy) is 1. The summed E-state index contributed by atoms with van der Waals surface area (Å²) in [5.41, 5.74) is 0.291. The van der Waals surface area contributed by atoms with E-state index >= 15 is 0 Å². The van der Waals surface area contributed by atoms with Crippen molar-refractivity contribution < 1.29 is 14.6 Å². The van der Waals surface area contributed by atoms with Gasteiger partial charge in [-0.05, 0) is 25.0 Å². The number of hydrogen-bond acceptors (Lipinski definition) is 4. The summed E-state index contributed by atoms with van der Waals surface area (Å²) in [6.45, 7) is 1.51. The Hall–Kier alpha value is -1.07. The van der Waals surface area contributed by atoms with Crippen LogP contribution in [0.15, 0.2) is 23.4 Å². The van der Waals surface area contributed by atoms with Crippen LogP contribution in [-0.4, -0.2) is 34.5 Å². The monoisotopic (exact) mass is 239 g/mol. The van der Waals surface area contributed by atoms with Gasteiger partial charge in [-0.25, -0.2) is 9.78 Å². The number of nitrogens with zero attached hydrogens (tertiary/aromatic N) is 1. The molecule has 1 aromatic rings. The highest BCUT2D eigenvalue weighted by Crippen LogP contribution is 2.30. The van der Waals surface area contributed by atoms with Crippen molar-refractivity contribution in [2.45, 2.75) is 23.1 Å². The van der Waals surface area contributed by atoms with Crippen molar-refractivity contribution in [3.05, 3.63) is 23.9 Å². The topological polar surface area (TPSA) is 59.4 Å². The highest BCUT2D eigenvalue weighted by Gasteiger charge is 2.19. The predicted molar refractivity (Wildman–Crippen MR) is 60.9 cm³/mol. The van der Waals surface area contributed by atoms with E-state index in [2.05, 4.69) is 4.98 Å². The van der Waals surface area contributed by atoms with Crippen molar-refractivity contribution in [1.29, 1.82) is 0 Å². The average molecular weight is 239 g/mol. The SMILES string of the molecule is O=C(O)c1cccnc1SC1CCOCC1. The molecule has 1 aromatic heterocycles. The number of rotatable bonds is 3. The van der Waals surface area contributed by atoms with Gasteiger partial charge in [0.05, 0.1) is 5.56 Å². The number of aromatic carboxylic acids is 1. The molecule has 1 aliphatic rings. The van der Waals surface area contributed by atoms with Gasteiger partial charge in [0.25, 0.3) is 0 Å². The molecule has 1 saturated heterocycles. The van der Waals surface area contributed by atoms with Crippen molar-refractivity contribution in [1.82, 2.24) is 4.98 Å². The molecular weight excluding hydrogens is 226 g/mol. The highest BCUT2D eigenvalue weighted by molar-refractivity contribution is 7.99. The smallest absolute Gasteiger partial charge is 0.338 e. The second-order valence-electron chi connectivity index (χ2n) is 3.59. The highest BCUT2D eigenvalue weighted by atomic mass is 32.2. The zero-order chi connectivity index (χ0) is 11.4. The summed E-state index contributed by atoms with van der Waals surface area (Å²) >= 11 is 1.55. The van der Waals surface area contributed by atoms with Crippen LogP contribution in [-0.2, 0) is 4.74 Å². The average Bonchev–Trinajstić information content (AvgIpc) is 2.31. The molecule has 0 saturated carbocycles. The van der Waals surface area contributed by atoms with E-state index in [9.17, 15) is 4.79 Å². The molecule has 0 radical (unpaired) electrons. The summed E-state index contributed by atoms with van der Waals surface area (Å²) < 4.78 is 5.27. The van der Waals surface area contributed by atoms with Gasteiger partial charge in [0, 0.05) is 24.7 Å². The van der Waals surface area contributed by atoms with Crippen molar-refractivity contribution in [2.75, 3.05) is 13.2 Å². The Morgan fingerprint density at radius 3 is 2.94 bits per heavy atom. The van der Waals surface area contributed by atoms with Gasteiger partial charge in [0.15, 0.2) is 0 Å². The first-order valence-corrected chi connectivity index (χ1v) is 6.08. The number of pyridine rings is 1. The Labute approximate surface area is 98.0 Å². The van der Waals surface area contributed by atoms with E-state index in [1.807, 2.05) is 0 Å². The molecule has 0 atom stereocenters. The molecule has 4 nitrogen and oxygen atoms in total. The van der Waals surface area contributed by atoms with Crippen LogP contribution >= 0.6 is 11.8 Å². The third kappa shape index (κ3) is 2.74. The third-order valence-corrected chi connectivity index (χ3v) is 3.80. The van der Waals surface area contributed by atoms with Crippen LogP contribution in [0.4, 0.5) is 0 Å². The molecule has 5 heteroatoms. The van der Waals surface area contributed by atoms with Crippen LogP contribution in [0.25, 0.3) is 0 Å². The molecule has 0 unspecified atom stereocenters. The van der Waals surface area contributed by atoms with Gasteiger partial charge >= 0.3 is 5.97 Å². The van der Waals surface area contributed by atoms with Crippen molar-refractivity contribution in [3.8, 4) is 0 Å². The van der Waals surface area contributed by atoms with Crippen LogP contribution in [0, 0.1) is 0 Å². The molecule has 0 spiro atoms. The minimum atomic E-state index is -0.914. The number of thioether (sulfide) groups is 1. The number of carboxylic acids is 1. The summed E-state index contributed by atoms with van der Waals surface area (Å²) in [4.78, 5) is 15.1. The van der Waals surface area contributed by atoms with Crippen LogP contribution in [0.3, 0.4) is 0 Å². The molecule has 2 rings (SSSR count). The lowest BCUT2D eigenvalue weighted by molar-refractivity contribution is 0.0692. The molecule has 1 fully saturated rings. The van der Waals surface area contributed by atoms with Gasteiger partial charge in [-0.2, -0.15) is 0 Å². The molecule has 0 aromatic carbocycles. The van der Waals surface area contributed by atoms with Crippen LogP contribution in [0.1, 0.15) is 23.2 Å². The van der Waals surface area contributed by atoms with Crippen molar-refractivity contribution in [3.63, 3.8) is 0 Å². The molecule has 0 bridgehead atoms. The number of carboxylic acid groups (broad SMARTS) is 1.